The van der Waals surface area contributed by atoms with Crippen LogP contribution in [0.15, 0.2) is 18.2 Å². The van der Waals surface area contributed by atoms with Gasteiger partial charge in [0, 0.05) is 17.8 Å². The topological polar surface area (TPSA) is 69.6 Å². The molecule has 0 heterocycles. The van der Waals surface area contributed by atoms with Crippen molar-refractivity contribution in [1.82, 2.24) is 0 Å². The van der Waals surface area contributed by atoms with E-state index in [0.717, 1.165) is 12.8 Å². The van der Waals surface area contributed by atoms with Crippen molar-refractivity contribution >= 4 is 11.7 Å². The van der Waals surface area contributed by atoms with Crippen LogP contribution in [0, 0.1) is 11.7 Å². The normalized spacial score (nSPS) is 23.6. The number of halogens is 1. The van der Waals surface area contributed by atoms with Crippen molar-refractivity contribution in [3.8, 4) is 5.75 Å². The van der Waals surface area contributed by atoms with Crippen molar-refractivity contribution in [2.75, 3.05) is 5.32 Å². The monoisotopic (exact) mass is 253 g/mol. The second kappa shape index (κ2) is 5.25. The Hall–Kier alpha value is -1.78. The van der Waals surface area contributed by atoms with Crippen LogP contribution < -0.4 is 5.32 Å². The fourth-order valence-electron chi connectivity index (χ4n) is 2.38. The van der Waals surface area contributed by atoms with Gasteiger partial charge in [-0.05, 0) is 31.4 Å². The Morgan fingerprint density at radius 1 is 1.39 bits per heavy atom. The third kappa shape index (κ3) is 2.91. The summed E-state index contributed by atoms with van der Waals surface area (Å²) < 4.78 is 13.2. The van der Waals surface area contributed by atoms with Crippen LogP contribution >= 0.6 is 0 Å². The number of carboxylic acids is 1. The SMILES string of the molecule is O=C(O)C1CCCC(Nc2ccc(O)c(F)c2)C1. The van der Waals surface area contributed by atoms with Gasteiger partial charge in [0.2, 0.25) is 0 Å². The van der Waals surface area contributed by atoms with E-state index in [1.165, 1.54) is 12.1 Å². The highest BCUT2D eigenvalue weighted by Gasteiger charge is 2.26. The second-order valence-corrected chi connectivity index (χ2v) is 4.71. The van der Waals surface area contributed by atoms with Crippen LogP contribution in [0.25, 0.3) is 0 Å². The van der Waals surface area contributed by atoms with Crippen molar-refractivity contribution in [2.45, 2.75) is 31.7 Å². The number of nitrogens with one attached hydrogen (secondary N) is 1. The summed E-state index contributed by atoms with van der Waals surface area (Å²) in [5.74, 6) is -2.14. The number of aliphatic carboxylic acids is 1. The minimum absolute atomic E-state index is 0.0452. The third-order valence-corrected chi connectivity index (χ3v) is 3.34. The first-order chi connectivity index (χ1) is 8.56. The van der Waals surface area contributed by atoms with E-state index in [0.29, 0.717) is 18.5 Å². The molecule has 0 spiro atoms. The molecule has 1 aliphatic carbocycles. The first-order valence-electron chi connectivity index (χ1n) is 6.04. The minimum Gasteiger partial charge on any atom is -0.505 e. The fourth-order valence-corrected chi connectivity index (χ4v) is 2.38. The maximum Gasteiger partial charge on any atom is 0.306 e. The summed E-state index contributed by atoms with van der Waals surface area (Å²) in [5, 5.41) is 21.2. The lowest BCUT2D eigenvalue weighted by atomic mass is 9.85. The highest BCUT2D eigenvalue weighted by atomic mass is 19.1. The van der Waals surface area contributed by atoms with Gasteiger partial charge in [0.05, 0.1) is 5.92 Å². The van der Waals surface area contributed by atoms with Crippen LogP contribution in [0.3, 0.4) is 0 Å². The molecule has 98 valence electrons. The summed E-state index contributed by atoms with van der Waals surface area (Å²) >= 11 is 0. The van der Waals surface area contributed by atoms with Crippen molar-refractivity contribution in [3.05, 3.63) is 24.0 Å². The summed E-state index contributed by atoms with van der Waals surface area (Å²) in [5.41, 5.74) is 0.571. The van der Waals surface area contributed by atoms with E-state index in [9.17, 15) is 9.18 Å². The number of carboxylic acid groups (broad SMARTS) is 1. The van der Waals surface area contributed by atoms with Crippen LogP contribution in [-0.4, -0.2) is 22.2 Å². The minimum atomic E-state index is -0.765. The first-order valence-corrected chi connectivity index (χ1v) is 6.04. The molecule has 3 N–H and O–H groups in total. The van der Waals surface area contributed by atoms with Crippen molar-refractivity contribution in [3.63, 3.8) is 0 Å². The molecular formula is C13H16FNO3. The zero-order valence-corrected chi connectivity index (χ0v) is 9.90. The number of anilines is 1. The van der Waals surface area contributed by atoms with Gasteiger partial charge in [-0.15, -0.1) is 0 Å². The zero-order chi connectivity index (χ0) is 13.1. The molecule has 1 aliphatic rings. The standard InChI is InChI=1S/C13H16FNO3/c14-11-7-10(4-5-12(11)16)15-9-3-1-2-8(6-9)13(17)18/h4-5,7-9,15-16H,1-3,6H2,(H,17,18). The number of phenolic OH excluding ortho intramolecular Hbond substituents is 1. The van der Waals surface area contributed by atoms with Gasteiger partial charge < -0.3 is 15.5 Å². The van der Waals surface area contributed by atoms with E-state index in [1.807, 2.05) is 0 Å². The van der Waals surface area contributed by atoms with Gasteiger partial charge in [-0.1, -0.05) is 6.42 Å². The lowest BCUT2D eigenvalue weighted by molar-refractivity contribution is -0.142. The van der Waals surface area contributed by atoms with Crippen molar-refractivity contribution in [2.24, 2.45) is 5.92 Å². The molecule has 1 aromatic rings. The van der Waals surface area contributed by atoms with E-state index in [2.05, 4.69) is 5.32 Å². The summed E-state index contributed by atoms with van der Waals surface area (Å²) in [4.78, 5) is 10.9. The molecule has 5 heteroatoms. The molecule has 2 unspecified atom stereocenters. The molecule has 1 saturated carbocycles. The molecule has 0 aliphatic heterocycles. The molecule has 2 rings (SSSR count). The molecule has 1 fully saturated rings. The summed E-state index contributed by atoms with van der Waals surface area (Å²) in [7, 11) is 0. The number of hydrogen-bond donors (Lipinski definition) is 3. The largest absolute Gasteiger partial charge is 0.505 e. The smallest absolute Gasteiger partial charge is 0.306 e. The molecule has 2 atom stereocenters. The number of aromatic hydroxyl groups is 1. The average Bonchev–Trinajstić information content (AvgIpc) is 2.34. The number of phenols is 1. The van der Waals surface area contributed by atoms with E-state index >= 15 is 0 Å². The Kier molecular flexibility index (Phi) is 3.69. The lowest BCUT2D eigenvalue weighted by Gasteiger charge is -2.28. The quantitative estimate of drug-likeness (QED) is 0.724. The summed E-state index contributed by atoms with van der Waals surface area (Å²) in [6.45, 7) is 0. The number of rotatable bonds is 3. The van der Waals surface area contributed by atoms with E-state index in [4.69, 9.17) is 10.2 Å². The van der Waals surface area contributed by atoms with E-state index in [-0.39, 0.29) is 17.7 Å². The molecule has 0 bridgehead atoms. The van der Waals surface area contributed by atoms with Gasteiger partial charge in [-0.25, -0.2) is 4.39 Å². The Labute approximate surface area is 104 Å². The summed E-state index contributed by atoms with van der Waals surface area (Å²) in [6.07, 6.45) is 3.00. The Bertz CT molecular complexity index is 450. The van der Waals surface area contributed by atoms with Gasteiger partial charge in [-0.3, -0.25) is 4.79 Å². The second-order valence-electron chi connectivity index (χ2n) is 4.71. The van der Waals surface area contributed by atoms with Crippen LogP contribution in [0.4, 0.5) is 10.1 Å². The molecule has 4 nitrogen and oxygen atoms in total. The Balaban J connectivity index is 2.00. The third-order valence-electron chi connectivity index (χ3n) is 3.34. The molecule has 0 radical (unpaired) electrons. The van der Waals surface area contributed by atoms with E-state index in [1.54, 1.807) is 6.07 Å². The zero-order valence-electron chi connectivity index (χ0n) is 9.90. The maximum atomic E-state index is 13.2. The van der Waals surface area contributed by atoms with Crippen LogP contribution in [0.5, 0.6) is 5.75 Å². The van der Waals surface area contributed by atoms with Gasteiger partial charge >= 0.3 is 5.97 Å². The highest BCUT2D eigenvalue weighted by Crippen LogP contribution is 2.28. The molecule has 0 saturated heterocycles. The molecule has 0 amide bonds. The average molecular weight is 253 g/mol. The Morgan fingerprint density at radius 3 is 2.83 bits per heavy atom. The van der Waals surface area contributed by atoms with Crippen LogP contribution in [0.2, 0.25) is 0 Å². The predicted octanol–water partition coefficient (Wildman–Crippen LogP) is 2.59. The Morgan fingerprint density at radius 2 is 2.17 bits per heavy atom. The van der Waals surface area contributed by atoms with Gasteiger partial charge in [0.1, 0.15) is 0 Å². The number of carbonyl (C=O) groups is 1. The fraction of sp³-hybridized carbons (Fsp3) is 0.462. The highest BCUT2D eigenvalue weighted by molar-refractivity contribution is 5.70. The van der Waals surface area contributed by atoms with Gasteiger partial charge in [0.25, 0.3) is 0 Å². The van der Waals surface area contributed by atoms with E-state index < -0.39 is 11.8 Å². The van der Waals surface area contributed by atoms with Gasteiger partial charge in [0.15, 0.2) is 11.6 Å². The lowest BCUT2D eigenvalue weighted by Crippen LogP contribution is -2.30. The number of hydrogen-bond acceptors (Lipinski definition) is 3. The number of benzene rings is 1. The maximum absolute atomic E-state index is 13.2. The molecule has 0 aromatic heterocycles. The van der Waals surface area contributed by atoms with Crippen LogP contribution in [0.1, 0.15) is 25.7 Å². The van der Waals surface area contributed by atoms with Crippen molar-refractivity contribution < 1.29 is 19.4 Å². The molecular weight excluding hydrogens is 237 g/mol. The summed E-state index contributed by atoms with van der Waals surface area (Å²) in [6, 6.07) is 4.14. The van der Waals surface area contributed by atoms with Crippen LogP contribution in [-0.2, 0) is 4.79 Å². The van der Waals surface area contributed by atoms with Gasteiger partial charge in [-0.2, -0.15) is 0 Å². The molecule has 1 aromatic carbocycles. The first kappa shape index (κ1) is 12.7. The van der Waals surface area contributed by atoms with Crippen molar-refractivity contribution in [1.29, 1.82) is 0 Å². The molecule has 18 heavy (non-hydrogen) atoms. The predicted molar refractivity (Wildman–Crippen MR) is 65.1 cm³/mol.